The smallest absolute Gasteiger partial charge is 0.191 e. The van der Waals surface area contributed by atoms with Gasteiger partial charge in [0.05, 0.1) is 6.61 Å². The molecular weight excluding hydrogens is 455 g/mol. The largest absolute Gasteiger partial charge is 0.494 e. The molecule has 0 saturated heterocycles. The van der Waals surface area contributed by atoms with Crippen LogP contribution in [-0.2, 0) is 13.0 Å². The van der Waals surface area contributed by atoms with E-state index in [1.165, 1.54) is 0 Å². The van der Waals surface area contributed by atoms with Crippen molar-refractivity contribution in [3.8, 4) is 5.75 Å². The Morgan fingerprint density at radius 3 is 2.70 bits per heavy atom. The van der Waals surface area contributed by atoms with E-state index < -0.39 is 0 Å². The maximum atomic E-state index is 5.69. The Hall–Kier alpha value is -1.84. The predicted octanol–water partition coefficient (Wildman–Crippen LogP) is 2.87. The highest BCUT2D eigenvalue weighted by molar-refractivity contribution is 14.0. The van der Waals surface area contributed by atoms with Crippen LogP contribution in [0.5, 0.6) is 5.75 Å². The Balaban J connectivity index is 0.00000364. The van der Waals surface area contributed by atoms with Gasteiger partial charge in [-0.15, -0.1) is 34.2 Å². The van der Waals surface area contributed by atoms with Crippen molar-refractivity contribution < 1.29 is 4.74 Å². The second-order valence-electron chi connectivity index (χ2n) is 5.85. The number of halogens is 1. The third-order valence-corrected chi connectivity index (χ3v) is 3.84. The topological polar surface area (TPSA) is 76.4 Å². The van der Waals surface area contributed by atoms with Crippen molar-refractivity contribution in [3.05, 3.63) is 42.5 Å². The van der Waals surface area contributed by atoms with Gasteiger partial charge in [-0.25, -0.2) is 0 Å². The first kappa shape index (κ1) is 23.2. The molecular formula is C19H31IN6O. The maximum absolute atomic E-state index is 5.69. The molecule has 0 atom stereocenters. The number of hydrogen-bond donors (Lipinski definition) is 2. The Bertz CT molecular complexity index is 647. The minimum absolute atomic E-state index is 0. The third-order valence-electron chi connectivity index (χ3n) is 3.84. The van der Waals surface area contributed by atoms with E-state index in [4.69, 9.17) is 4.74 Å². The van der Waals surface area contributed by atoms with Crippen LogP contribution in [0.4, 0.5) is 0 Å². The number of benzene rings is 1. The molecule has 0 radical (unpaired) electrons. The lowest BCUT2D eigenvalue weighted by molar-refractivity contribution is 0.308. The number of ether oxygens (including phenoxy) is 1. The Morgan fingerprint density at radius 2 is 1.96 bits per heavy atom. The molecule has 0 spiro atoms. The average molecular weight is 486 g/mol. The van der Waals surface area contributed by atoms with Crippen LogP contribution < -0.4 is 15.4 Å². The number of aromatic nitrogens is 3. The van der Waals surface area contributed by atoms with Gasteiger partial charge in [0.2, 0.25) is 0 Å². The minimum atomic E-state index is 0. The van der Waals surface area contributed by atoms with Crippen LogP contribution in [0.3, 0.4) is 0 Å². The summed E-state index contributed by atoms with van der Waals surface area (Å²) in [5.74, 6) is 2.78. The quantitative estimate of drug-likeness (QED) is 0.221. The molecule has 0 aliphatic carbocycles. The van der Waals surface area contributed by atoms with Gasteiger partial charge in [-0.1, -0.05) is 25.1 Å². The first-order valence-corrected chi connectivity index (χ1v) is 9.40. The van der Waals surface area contributed by atoms with Gasteiger partial charge in [-0.05, 0) is 31.9 Å². The molecule has 2 rings (SSSR count). The molecule has 150 valence electrons. The normalized spacial score (nSPS) is 11.0. The van der Waals surface area contributed by atoms with E-state index >= 15 is 0 Å². The van der Waals surface area contributed by atoms with Crippen LogP contribution in [0.1, 0.15) is 32.5 Å². The van der Waals surface area contributed by atoms with E-state index in [0.717, 1.165) is 69.6 Å². The number of nitrogens with zero attached hydrogens (tertiary/aromatic N) is 4. The Kier molecular flexibility index (Phi) is 12.2. The summed E-state index contributed by atoms with van der Waals surface area (Å²) in [5, 5.41) is 14.7. The summed E-state index contributed by atoms with van der Waals surface area (Å²) in [6, 6.07) is 9.91. The molecule has 1 aromatic heterocycles. The molecule has 1 heterocycles. The SMILES string of the molecule is CCNC(=NCCCCOc1ccccc1)NCCn1cnnc1CC.I. The molecule has 0 unspecified atom stereocenters. The molecule has 8 heteroatoms. The molecule has 0 fully saturated rings. The Morgan fingerprint density at radius 1 is 1.15 bits per heavy atom. The van der Waals surface area contributed by atoms with Gasteiger partial charge in [0.1, 0.15) is 17.9 Å². The molecule has 2 N–H and O–H groups in total. The number of aryl methyl sites for hydroxylation is 1. The zero-order valence-corrected chi connectivity index (χ0v) is 18.6. The van der Waals surface area contributed by atoms with E-state index in [9.17, 15) is 0 Å². The molecule has 0 aliphatic rings. The lowest BCUT2D eigenvalue weighted by Crippen LogP contribution is -2.39. The summed E-state index contributed by atoms with van der Waals surface area (Å²) >= 11 is 0. The van der Waals surface area contributed by atoms with Crippen molar-refractivity contribution >= 4 is 29.9 Å². The summed E-state index contributed by atoms with van der Waals surface area (Å²) < 4.78 is 7.76. The predicted molar refractivity (Wildman–Crippen MR) is 120 cm³/mol. The fourth-order valence-corrected chi connectivity index (χ4v) is 2.49. The van der Waals surface area contributed by atoms with Gasteiger partial charge < -0.3 is 19.9 Å². The lowest BCUT2D eigenvalue weighted by Gasteiger charge is -2.12. The zero-order chi connectivity index (χ0) is 18.5. The molecule has 0 bridgehead atoms. The second-order valence-corrected chi connectivity index (χ2v) is 5.85. The summed E-state index contributed by atoms with van der Waals surface area (Å²) in [5.41, 5.74) is 0. The molecule has 1 aromatic carbocycles. The zero-order valence-electron chi connectivity index (χ0n) is 16.2. The first-order chi connectivity index (χ1) is 12.8. The molecule has 0 saturated carbocycles. The number of nitrogens with one attached hydrogen (secondary N) is 2. The highest BCUT2D eigenvalue weighted by Gasteiger charge is 2.02. The highest BCUT2D eigenvalue weighted by Crippen LogP contribution is 2.08. The lowest BCUT2D eigenvalue weighted by atomic mass is 10.3. The average Bonchev–Trinajstić information content (AvgIpc) is 3.13. The maximum Gasteiger partial charge on any atom is 0.191 e. The Labute approximate surface area is 179 Å². The number of aliphatic imine (C=N–C) groups is 1. The standard InChI is InChI=1S/C19H30N6O.HI/c1-3-18-24-23-16-25(18)14-13-22-19(20-4-2)21-12-8-9-15-26-17-10-6-5-7-11-17;/h5-7,10-11,16H,3-4,8-9,12-15H2,1-2H3,(H2,20,21,22);1H. The summed E-state index contributed by atoms with van der Waals surface area (Å²) in [6.07, 6.45) is 4.64. The van der Waals surface area contributed by atoms with E-state index in [0.29, 0.717) is 0 Å². The summed E-state index contributed by atoms with van der Waals surface area (Å²) in [7, 11) is 0. The van der Waals surface area contributed by atoms with E-state index in [1.807, 2.05) is 30.3 Å². The number of hydrogen-bond acceptors (Lipinski definition) is 4. The van der Waals surface area contributed by atoms with Gasteiger partial charge in [0.15, 0.2) is 5.96 Å². The fraction of sp³-hybridized carbons (Fsp3) is 0.526. The van der Waals surface area contributed by atoms with Crippen LogP contribution in [0.25, 0.3) is 0 Å². The van der Waals surface area contributed by atoms with Crippen LogP contribution in [0.2, 0.25) is 0 Å². The van der Waals surface area contributed by atoms with Crippen LogP contribution in [-0.4, -0.2) is 47.0 Å². The van der Waals surface area contributed by atoms with E-state index in [2.05, 4.69) is 44.2 Å². The second kappa shape index (κ2) is 14.2. The van der Waals surface area contributed by atoms with Crippen LogP contribution >= 0.6 is 24.0 Å². The summed E-state index contributed by atoms with van der Waals surface area (Å²) in [4.78, 5) is 4.62. The van der Waals surface area contributed by atoms with Gasteiger partial charge in [-0.3, -0.25) is 4.99 Å². The number of para-hydroxylation sites is 1. The monoisotopic (exact) mass is 486 g/mol. The third kappa shape index (κ3) is 9.07. The number of unbranched alkanes of at least 4 members (excludes halogenated alkanes) is 1. The van der Waals surface area contributed by atoms with E-state index in [-0.39, 0.29) is 24.0 Å². The molecule has 2 aromatic rings. The molecule has 7 nitrogen and oxygen atoms in total. The van der Waals surface area contributed by atoms with Crippen LogP contribution in [0, 0.1) is 0 Å². The van der Waals surface area contributed by atoms with Gasteiger partial charge in [0.25, 0.3) is 0 Å². The highest BCUT2D eigenvalue weighted by atomic mass is 127. The number of guanidine groups is 1. The molecule has 27 heavy (non-hydrogen) atoms. The fourth-order valence-electron chi connectivity index (χ4n) is 2.49. The van der Waals surface area contributed by atoms with Crippen molar-refractivity contribution in [2.24, 2.45) is 4.99 Å². The molecule has 0 amide bonds. The van der Waals surface area contributed by atoms with Crippen LogP contribution in [0.15, 0.2) is 41.7 Å². The van der Waals surface area contributed by atoms with Gasteiger partial charge in [-0.2, -0.15) is 0 Å². The van der Waals surface area contributed by atoms with Crippen molar-refractivity contribution in [3.63, 3.8) is 0 Å². The van der Waals surface area contributed by atoms with E-state index in [1.54, 1.807) is 6.33 Å². The number of rotatable bonds is 11. The van der Waals surface area contributed by atoms with Crippen molar-refractivity contribution in [1.82, 2.24) is 25.4 Å². The summed E-state index contributed by atoms with van der Waals surface area (Å²) in [6.45, 7) is 8.10. The van der Waals surface area contributed by atoms with Gasteiger partial charge >= 0.3 is 0 Å². The van der Waals surface area contributed by atoms with Crippen molar-refractivity contribution in [2.75, 3.05) is 26.2 Å². The minimum Gasteiger partial charge on any atom is -0.494 e. The van der Waals surface area contributed by atoms with Crippen molar-refractivity contribution in [1.29, 1.82) is 0 Å². The molecule has 0 aliphatic heterocycles. The van der Waals surface area contributed by atoms with Gasteiger partial charge in [0, 0.05) is 32.6 Å². The first-order valence-electron chi connectivity index (χ1n) is 9.40. The van der Waals surface area contributed by atoms with Crippen molar-refractivity contribution in [2.45, 2.75) is 39.7 Å².